The summed E-state index contributed by atoms with van der Waals surface area (Å²) in [6, 6.07) is 11.5. The molecule has 0 fully saturated rings. The molecule has 0 bridgehead atoms. The molecule has 2 N–H and O–H groups in total. The Morgan fingerprint density at radius 1 is 1.17 bits per heavy atom. The van der Waals surface area contributed by atoms with Gasteiger partial charge in [-0.1, -0.05) is 50.6 Å². The van der Waals surface area contributed by atoms with E-state index >= 15 is 0 Å². The Morgan fingerprint density at radius 2 is 1.89 bits per heavy atom. The molecular formula is C16H28N2. The van der Waals surface area contributed by atoms with Crippen LogP contribution in [0.25, 0.3) is 0 Å². The molecule has 0 saturated carbocycles. The van der Waals surface area contributed by atoms with Gasteiger partial charge in [0, 0.05) is 12.6 Å². The molecule has 0 heterocycles. The lowest BCUT2D eigenvalue weighted by Gasteiger charge is -2.31. The van der Waals surface area contributed by atoms with Crippen LogP contribution in [-0.4, -0.2) is 24.0 Å². The van der Waals surface area contributed by atoms with E-state index in [-0.39, 0.29) is 0 Å². The summed E-state index contributed by atoms with van der Waals surface area (Å²) in [5.74, 6) is 0. The van der Waals surface area contributed by atoms with Crippen molar-refractivity contribution in [2.45, 2.75) is 52.1 Å². The van der Waals surface area contributed by atoms with E-state index in [0.717, 1.165) is 26.1 Å². The van der Waals surface area contributed by atoms with Crippen LogP contribution >= 0.6 is 0 Å². The summed E-state index contributed by atoms with van der Waals surface area (Å²) in [5, 5.41) is 0. The predicted octanol–water partition coefficient (Wildman–Crippen LogP) is 3.42. The fourth-order valence-corrected chi connectivity index (χ4v) is 2.48. The Hall–Kier alpha value is -0.860. The molecule has 0 radical (unpaired) electrons. The average Bonchev–Trinajstić information content (AvgIpc) is 2.42. The lowest BCUT2D eigenvalue weighted by molar-refractivity contribution is 0.170. The molecule has 0 amide bonds. The third kappa shape index (κ3) is 5.19. The minimum absolute atomic E-state index is 0.696. The molecule has 0 aliphatic rings. The normalized spacial score (nSPS) is 12.9. The minimum atomic E-state index is 0.696. The highest BCUT2D eigenvalue weighted by molar-refractivity contribution is 5.14. The van der Waals surface area contributed by atoms with Crippen molar-refractivity contribution in [2.75, 3.05) is 13.1 Å². The van der Waals surface area contributed by atoms with Gasteiger partial charge in [0.25, 0.3) is 0 Å². The van der Waals surface area contributed by atoms with Crippen molar-refractivity contribution >= 4 is 0 Å². The highest BCUT2D eigenvalue weighted by atomic mass is 15.1. The molecule has 1 aromatic rings. The maximum absolute atomic E-state index is 5.66. The topological polar surface area (TPSA) is 29.3 Å². The lowest BCUT2D eigenvalue weighted by atomic mass is 10.1. The molecule has 0 aliphatic heterocycles. The second-order valence-corrected chi connectivity index (χ2v) is 4.95. The summed E-state index contributed by atoms with van der Waals surface area (Å²) in [5.41, 5.74) is 7.07. The molecular weight excluding hydrogens is 220 g/mol. The van der Waals surface area contributed by atoms with Gasteiger partial charge in [-0.05, 0) is 37.9 Å². The number of rotatable bonds is 9. The van der Waals surface area contributed by atoms with Gasteiger partial charge < -0.3 is 5.73 Å². The summed E-state index contributed by atoms with van der Waals surface area (Å²) < 4.78 is 0. The van der Waals surface area contributed by atoms with E-state index in [1.54, 1.807) is 0 Å². The molecule has 2 heteroatoms. The summed E-state index contributed by atoms with van der Waals surface area (Å²) in [4.78, 5) is 2.60. The first-order valence-electron chi connectivity index (χ1n) is 7.29. The van der Waals surface area contributed by atoms with Gasteiger partial charge in [-0.2, -0.15) is 0 Å². The second-order valence-electron chi connectivity index (χ2n) is 4.95. The van der Waals surface area contributed by atoms with Gasteiger partial charge in [0.15, 0.2) is 0 Å². The van der Waals surface area contributed by atoms with Gasteiger partial charge in [0.2, 0.25) is 0 Å². The molecule has 0 saturated heterocycles. The molecule has 1 aromatic carbocycles. The summed E-state index contributed by atoms with van der Waals surface area (Å²) >= 11 is 0. The Labute approximate surface area is 112 Å². The average molecular weight is 248 g/mol. The Morgan fingerprint density at radius 3 is 2.44 bits per heavy atom. The fourth-order valence-electron chi connectivity index (χ4n) is 2.48. The highest BCUT2D eigenvalue weighted by Crippen LogP contribution is 2.15. The van der Waals surface area contributed by atoms with Gasteiger partial charge in [0.05, 0.1) is 0 Å². The molecule has 0 spiro atoms. The molecule has 2 nitrogen and oxygen atoms in total. The van der Waals surface area contributed by atoms with Crippen molar-refractivity contribution in [3.05, 3.63) is 35.9 Å². The zero-order valence-electron chi connectivity index (χ0n) is 11.9. The number of nitrogens with zero attached hydrogens (tertiary/aromatic N) is 1. The largest absolute Gasteiger partial charge is 0.330 e. The van der Waals surface area contributed by atoms with E-state index in [0.29, 0.717) is 6.04 Å². The molecule has 0 aliphatic carbocycles. The van der Waals surface area contributed by atoms with Gasteiger partial charge in [-0.3, -0.25) is 4.90 Å². The highest BCUT2D eigenvalue weighted by Gasteiger charge is 2.15. The van der Waals surface area contributed by atoms with Crippen molar-refractivity contribution in [2.24, 2.45) is 5.73 Å². The summed E-state index contributed by atoms with van der Waals surface area (Å²) in [6.45, 7) is 7.52. The zero-order chi connectivity index (χ0) is 13.2. The standard InChI is InChI=1S/C16H28N2/c1-3-9-16(4-2)18(13-8-12-17)14-15-10-6-5-7-11-15/h5-7,10-11,16H,3-4,8-9,12-14,17H2,1-2H3. The maximum Gasteiger partial charge on any atom is 0.0236 e. The molecule has 0 aromatic heterocycles. The van der Waals surface area contributed by atoms with E-state index in [1.807, 2.05) is 0 Å². The first-order valence-corrected chi connectivity index (χ1v) is 7.29. The van der Waals surface area contributed by atoms with Crippen LogP contribution in [0.2, 0.25) is 0 Å². The van der Waals surface area contributed by atoms with E-state index in [2.05, 4.69) is 49.1 Å². The van der Waals surface area contributed by atoms with Crippen molar-refractivity contribution in [1.82, 2.24) is 4.90 Å². The van der Waals surface area contributed by atoms with Gasteiger partial charge in [-0.15, -0.1) is 0 Å². The molecule has 102 valence electrons. The smallest absolute Gasteiger partial charge is 0.0236 e. The van der Waals surface area contributed by atoms with Gasteiger partial charge >= 0.3 is 0 Å². The van der Waals surface area contributed by atoms with Gasteiger partial charge in [-0.25, -0.2) is 0 Å². The van der Waals surface area contributed by atoms with Crippen molar-refractivity contribution < 1.29 is 0 Å². The number of hydrogen-bond donors (Lipinski definition) is 1. The second kappa shape index (κ2) is 9.12. The number of hydrogen-bond acceptors (Lipinski definition) is 2. The van der Waals surface area contributed by atoms with Crippen LogP contribution in [0.3, 0.4) is 0 Å². The lowest BCUT2D eigenvalue weighted by Crippen LogP contribution is -2.36. The molecule has 18 heavy (non-hydrogen) atoms. The van der Waals surface area contributed by atoms with Crippen LogP contribution in [0.4, 0.5) is 0 Å². The van der Waals surface area contributed by atoms with Crippen molar-refractivity contribution in [3.63, 3.8) is 0 Å². The Balaban J connectivity index is 2.64. The predicted molar refractivity (Wildman–Crippen MR) is 79.5 cm³/mol. The van der Waals surface area contributed by atoms with E-state index in [4.69, 9.17) is 5.73 Å². The van der Waals surface area contributed by atoms with Crippen LogP contribution in [0.5, 0.6) is 0 Å². The van der Waals surface area contributed by atoms with E-state index in [1.165, 1.54) is 24.8 Å². The first kappa shape index (κ1) is 15.2. The number of benzene rings is 1. The fraction of sp³-hybridized carbons (Fsp3) is 0.625. The van der Waals surface area contributed by atoms with Crippen LogP contribution in [0.1, 0.15) is 45.1 Å². The monoisotopic (exact) mass is 248 g/mol. The summed E-state index contributed by atoms with van der Waals surface area (Å²) in [7, 11) is 0. The van der Waals surface area contributed by atoms with E-state index in [9.17, 15) is 0 Å². The quantitative estimate of drug-likeness (QED) is 0.725. The minimum Gasteiger partial charge on any atom is -0.330 e. The van der Waals surface area contributed by atoms with Crippen LogP contribution in [0, 0.1) is 0 Å². The maximum atomic E-state index is 5.66. The van der Waals surface area contributed by atoms with Crippen LogP contribution < -0.4 is 5.73 Å². The van der Waals surface area contributed by atoms with Crippen molar-refractivity contribution in [3.8, 4) is 0 Å². The van der Waals surface area contributed by atoms with Crippen molar-refractivity contribution in [1.29, 1.82) is 0 Å². The molecule has 1 unspecified atom stereocenters. The first-order chi connectivity index (χ1) is 8.81. The SMILES string of the molecule is CCCC(CC)N(CCCN)Cc1ccccc1. The Bertz CT molecular complexity index is 297. The third-order valence-corrected chi connectivity index (χ3v) is 3.49. The number of nitrogens with two attached hydrogens (primary N) is 1. The third-order valence-electron chi connectivity index (χ3n) is 3.49. The van der Waals surface area contributed by atoms with E-state index < -0.39 is 0 Å². The van der Waals surface area contributed by atoms with Crippen LogP contribution in [0.15, 0.2) is 30.3 Å². The molecule has 1 rings (SSSR count). The zero-order valence-corrected chi connectivity index (χ0v) is 11.9. The van der Waals surface area contributed by atoms with Crippen LogP contribution in [-0.2, 0) is 6.54 Å². The molecule has 1 atom stereocenters. The summed E-state index contributed by atoms with van der Waals surface area (Å²) in [6.07, 6.45) is 4.86. The Kier molecular flexibility index (Phi) is 7.70. The van der Waals surface area contributed by atoms with Gasteiger partial charge in [0.1, 0.15) is 0 Å².